The molecular formula is C27H30F5NO. The van der Waals surface area contributed by atoms with Crippen LogP contribution in [-0.2, 0) is 28.7 Å². The number of carbonyl (C=O) groups excluding carboxylic acids is 1. The number of likely N-dealkylation sites (tertiary alicyclic amines) is 1. The fourth-order valence-corrected chi connectivity index (χ4v) is 5.86. The molecule has 4 rings (SSSR count). The molecule has 0 bridgehead atoms. The molecule has 1 aliphatic heterocycles. The Balaban J connectivity index is 1.75. The molecule has 0 radical (unpaired) electrons. The quantitative estimate of drug-likeness (QED) is 0.426. The Bertz CT molecular complexity index is 1050. The maximum Gasteiger partial charge on any atom is 0.426 e. The van der Waals surface area contributed by atoms with Crippen molar-refractivity contribution in [2.45, 2.75) is 75.7 Å². The second kappa shape index (κ2) is 9.06. The SMILES string of the molecule is CCCC(=O)CN1CC[C@@]2(Cc3ccc(F)cc3)c3ccc(C(C)(F)C(F)(F)F)cc3CC[C@@H]12. The number of alkyl halides is 4. The van der Waals surface area contributed by atoms with Crippen molar-refractivity contribution in [1.29, 1.82) is 0 Å². The largest absolute Gasteiger partial charge is 0.426 e. The lowest BCUT2D eigenvalue weighted by atomic mass is 9.63. The van der Waals surface area contributed by atoms with Gasteiger partial charge in [-0.05, 0) is 80.0 Å². The zero-order valence-electron chi connectivity index (χ0n) is 19.5. The van der Waals surface area contributed by atoms with Gasteiger partial charge in [0.2, 0.25) is 5.67 Å². The van der Waals surface area contributed by atoms with Gasteiger partial charge in [0.1, 0.15) is 11.6 Å². The Morgan fingerprint density at radius 2 is 1.82 bits per heavy atom. The molecule has 1 heterocycles. The minimum absolute atomic E-state index is 0.0380. The normalized spacial score (nSPS) is 24.4. The van der Waals surface area contributed by atoms with E-state index in [9.17, 15) is 26.7 Å². The van der Waals surface area contributed by atoms with Gasteiger partial charge >= 0.3 is 6.18 Å². The molecule has 0 saturated carbocycles. The van der Waals surface area contributed by atoms with Crippen LogP contribution in [0.2, 0.25) is 0 Å². The Morgan fingerprint density at radius 1 is 1.12 bits per heavy atom. The monoisotopic (exact) mass is 479 g/mol. The van der Waals surface area contributed by atoms with Crippen molar-refractivity contribution >= 4 is 5.78 Å². The van der Waals surface area contributed by atoms with Crippen molar-refractivity contribution in [2.24, 2.45) is 0 Å². The average Bonchev–Trinajstić information content (AvgIpc) is 3.12. The van der Waals surface area contributed by atoms with Crippen LogP contribution in [0.25, 0.3) is 0 Å². The summed E-state index contributed by atoms with van der Waals surface area (Å²) in [7, 11) is 0. The number of Topliss-reactive ketones (excluding diaryl/α,β-unsaturated/α-hetero) is 1. The summed E-state index contributed by atoms with van der Waals surface area (Å²) >= 11 is 0. The maximum absolute atomic E-state index is 14.7. The van der Waals surface area contributed by atoms with Crippen LogP contribution in [0.5, 0.6) is 0 Å². The summed E-state index contributed by atoms with van der Waals surface area (Å²) in [4.78, 5) is 14.6. The lowest BCUT2D eigenvalue weighted by Gasteiger charge is -2.44. The Kier molecular flexibility index (Phi) is 6.62. The van der Waals surface area contributed by atoms with Crippen molar-refractivity contribution in [3.8, 4) is 0 Å². The predicted molar refractivity (Wildman–Crippen MR) is 121 cm³/mol. The van der Waals surface area contributed by atoms with E-state index in [0.717, 1.165) is 29.5 Å². The highest BCUT2D eigenvalue weighted by Crippen LogP contribution is 2.50. The Morgan fingerprint density at radius 3 is 2.47 bits per heavy atom. The van der Waals surface area contributed by atoms with E-state index in [0.29, 0.717) is 45.7 Å². The van der Waals surface area contributed by atoms with Crippen molar-refractivity contribution in [2.75, 3.05) is 13.1 Å². The van der Waals surface area contributed by atoms with Crippen molar-refractivity contribution in [3.05, 3.63) is 70.5 Å². The van der Waals surface area contributed by atoms with Gasteiger partial charge in [-0.2, -0.15) is 13.2 Å². The lowest BCUT2D eigenvalue weighted by molar-refractivity contribution is -0.228. The molecule has 1 aliphatic carbocycles. The summed E-state index contributed by atoms with van der Waals surface area (Å²) in [6, 6.07) is 10.6. The third-order valence-electron chi connectivity index (χ3n) is 7.67. The molecule has 1 saturated heterocycles. The molecule has 0 N–H and O–H groups in total. The van der Waals surface area contributed by atoms with E-state index in [4.69, 9.17) is 0 Å². The first-order valence-corrected chi connectivity index (χ1v) is 11.9. The van der Waals surface area contributed by atoms with E-state index < -0.39 is 17.3 Å². The van der Waals surface area contributed by atoms with E-state index in [2.05, 4.69) is 4.90 Å². The number of halogens is 5. The highest BCUT2D eigenvalue weighted by Gasteiger charge is 2.55. The van der Waals surface area contributed by atoms with E-state index in [1.807, 2.05) is 6.92 Å². The summed E-state index contributed by atoms with van der Waals surface area (Å²) in [5.41, 5.74) is -1.68. The molecule has 2 aromatic rings. The highest BCUT2D eigenvalue weighted by molar-refractivity contribution is 5.80. The summed E-state index contributed by atoms with van der Waals surface area (Å²) < 4.78 is 68.3. The Hall–Kier alpha value is -2.28. The molecule has 184 valence electrons. The van der Waals surface area contributed by atoms with Crippen LogP contribution in [0, 0.1) is 5.82 Å². The molecule has 3 atom stereocenters. The first-order valence-electron chi connectivity index (χ1n) is 11.9. The van der Waals surface area contributed by atoms with Crippen LogP contribution < -0.4 is 0 Å². The van der Waals surface area contributed by atoms with Crippen LogP contribution in [0.1, 0.15) is 61.8 Å². The molecule has 0 aromatic heterocycles. The maximum atomic E-state index is 14.7. The van der Waals surface area contributed by atoms with E-state index in [1.54, 1.807) is 18.2 Å². The van der Waals surface area contributed by atoms with Crippen molar-refractivity contribution in [1.82, 2.24) is 4.90 Å². The summed E-state index contributed by atoms with van der Waals surface area (Å²) in [6.07, 6.45) is -1.21. The lowest BCUT2D eigenvalue weighted by Crippen LogP contribution is -2.48. The number of hydrogen-bond donors (Lipinski definition) is 0. The van der Waals surface area contributed by atoms with Gasteiger partial charge in [0.15, 0.2) is 0 Å². The first-order chi connectivity index (χ1) is 16.0. The van der Waals surface area contributed by atoms with Crippen LogP contribution in [0.15, 0.2) is 42.5 Å². The molecule has 34 heavy (non-hydrogen) atoms. The van der Waals surface area contributed by atoms with Gasteiger partial charge in [0.05, 0.1) is 6.54 Å². The summed E-state index contributed by atoms with van der Waals surface area (Å²) in [5, 5.41) is 0. The van der Waals surface area contributed by atoms with Gasteiger partial charge in [-0.15, -0.1) is 0 Å². The van der Waals surface area contributed by atoms with Crippen LogP contribution in [0.3, 0.4) is 0 Å². The second-order valence-electron chi connectivity index (χ2n) is 9.90. The summed E-state index contributed by atoms with van der Waals surface area (Å²) in [6.45, 7) is 3.58. The number of hydrogen-bond acceptors (Lipinski definition) is 2. The topological polar surface area (TPSA) is 20.3 Å². The molecule has 1 unspecified atom stereocenters. The number of benzene rings is 2. The van der Waals surface area contributed by atoms with Crippen LogP contribution in [-0.4, -0.2) is 36.0 Å². The van der Waals surface area contributed by atoms with Crippen LogP contribution >= 0.6 is 0 Å². The molecular weight excluding hydrogens is 449 g/mol. The summed E-state index contributed by atoms with van der Waals surface area (Å²) in [5.74, 6) is -0.154. The first kappa shape index (κ1) is 24.8. The number of ketones is 1. The number of fused-ring (bicyclic) bond motifs is 3. The zero-order valence-corrected chi connectivity index (χ0v) is 19.5. The molecule has 0 amide bonds. The average molecular weight is 480 g/mol. The standard InChI is InChI=1S/C27H30F5NO/c1-3-4-22(34)17-33-14-13-26(16-18-5-9-21(28)10-6-18)23-11-8-20(25(2,29)27(30,31)32)15-19(23)7-12-24(26)33/h5-6,8-11,15,24H,3-4,7,12-14,16-17H2,1-2H3/t24-,25?,26-/m1/s1. The molecule has 0 spiro atoms. The van der Waals surface area contributed by atoms with E-state index in [1.165, 1.54) is 24.3 Å². The van der Waals surface area contributed by atoms with Gasteiger partial charge < -0.3 is 0 Å². The molecule has 2 aromatic carbocycles. The zero-order chi connectivity index (χ0) is 24.7. The molecule has 2 aliphatic rings. The number of rotatable bonds is 7. The van der Waals surface area contributed by atoms with Gasteiger partial charge in [-0.3, -0.25) is 9.69 Å². The van der Waals surface area contributed by atoms with Gasteiger partial charge in [-0.1, -0.05) is 37.3 Å². The number of carbonyl (C=O) groups is 1. The third-order valence-corrected chi connectivity index (χ3v) is 7.67. The Labute approximate surface area is 197 Å². The van der Waals surface area contributed by atoms with Gasteiger partial charge in [0, 0.05) is 17.9 Å². The predicted octanol–water partition coefficient (Wildman–Crippen LogP) is 6.44. The van der Waals surface area contributed by atoms with Gasteiger partial charge in [-0.25, -0.2) is 8.78 Å². The molecule has 1 fully saturated rings. The minimum Gasteiger partial charge on any atom is -0.298 e. The second-order valence-corrected chi connectivity index (χ2v) is 9.90. The van der Waals surface area contributed by atoms with Gasteiger partial charge in [0.25, 0.3) is 0 Å². The third kappa shape index (κ3) is 4.39. The van der Waals surface area contributed by atoms with E-state index >= 15 is 0 Å². The number of aryl methyl sites for hydroxylation is 1. The van der Waals surface area contributed by atoms with Crippen molar-refractivity contribution < 1.29 is 26.7 Å². The molecule has 7 heteroatoms. The number of nitrogens with zero attached hydrogens (tertiary/aromatic N) is 1. The van der Waals surface area contributed by atoms with Crippen molar-refractivity contribution in [3.63, 3.8) is 0 Å². The van der Waals surface area contributed by atoms with Crippen LogP contribution in [0.4, 0.5) is 22.0 Å². The smallest absolute Gasteiger partial charge is 0.298 e. The van der Waals surface area contributed by atoms with E-state index in [-0.39, 0.29) is 23.2 Å². The minimum atomic E-state index is -5.01. The highest BCUT2D eigenvalue weighted by atomic mass is 19.4. The fraction of sp³-hybridized carbons (Fsp3) is 0.519. The fourth-order valence-electron chi connectivity index (χ4n) is 5.86. The molecule has 2 nitrogen and oxygen atoms in total.